The van der Waals surface area contributed by atoms with Crippen LogP contribution in [0.25, 0.3) is 133 Å². The molecular formula is C58H34N4O2. The monoisotopic (exact) mass is 818 g/mol. The summed E-state index contributed by atoms with van der Waals surface area (Å²) in [6, 6.07) is 72.8. The highest BCUT2D eigenvalue weighted by atomic mass is 16.4. The van der Waals surface area contributed by atoms with Crippen LogP contribution in [0.1, 0.15) is 0 Å². The number of benzene rings is 10. The second kappa shape index (κ2) is 13.4. The van der Waals surface area contributed by atoms with E-state index in [2.05, 4.69) is 203 Å². The molecule has 6 heteroatoms. The number of aromatic nitrogens is 4. The minimum absolute atomic E-state index is 0.584. The van der Waals surface area contributed by atoms with Crippen LogP contribution >= 0.6 is 0 Å². The third kappa shape index (κ3) is 5.33. The summed E-state index contributed by atoms with van der Waals surface area (Å²) in [6.07, 6.45) is 0. The van der Waals surface area contributed by atoms with E-state index in [0.29, 0.717) is 11.8 Å². The minimum atomic E-state index is 0.584. The van der Waals surface area contributed by atoms with Crippen molar-refractivity contribution in [3.63, 3.8) is 0 Å². The van der Waals surface area contributed by atoms with Crippen molar-refractivity contribution in [3.05, 3.63) is 206 Å². The van der Waals surface area contributed by atoms with Gasteiger partial charge in [0.15, 0.2) is 11.2 Å². The lowest BCUT2D eigenvalue weighted by Gasteiger charge is -2.09. The Morgan fingerprint density at radius 1 is 0.297 bits per heavy atom. The first-order valence-electron chi connectivity index (χ1n) is 21.5. The van der Waals surface area contributed by atoms with Crippen LogP contribution in [0.2, 0.25) is 0 Å². The zero-order chi connectivity index (χ0) is 41.9. The van der Waals surface area contributed by atoms with Gasteiger partial charge in [-0.25, -0.2) is 9.97 Å². The predicted octanol–water partition coefficient (Wildman–Crippen LogP) is 15.5. The molecule has 0 unspecified atom stereocenters. The number of hydrogen-bond acceptors (Lipinski definition) is 4. The maximum absolute atomic E-state index is 6.33. The summed E-state index contributed by atoms with van der Waals surface area (Å²) in [5.41, 5.74) is 13.8. The van der Waals surface area contributed by atoms with E-state index in [1.165, 1.54) is 65.2 Å². The van der Waals surface area contributed by atoms with Crippen LogP contribution in [0.4, 0.5) is 0 Å². The van der Waals surface area contributed by atoms with Crippen molar-refractivity contribution in [2.75, 3.05) is 0 Å². The van der Waals surface area contributed by atoms with Crippen molar-refractivity contribution in [1.82, 2.24) is 19.1 Å². The van der Waals surface area contributed by atoms with Gasteiger partial charge in [-0.1, -0.05) is 97.1 Å². The van der Waals surface area contributed by atoms with Gasteiger partial charge in [-0.3, -0.25) is 0 Å². The number of hydrogen-bond donors (Lipinski definition) is 0. The summed E-state index contributed by atoms with van der Waals surface area (Å²) < 4.78 is 17.4. The number of oxazole rings is 2. The molecule has 4 aromatic heterocycles. The molecule has 0 saturated heterocycles. The number of para-hydroxylation sites is 2. The molecular weight excluding hydrogens is 785 g/mol. The lowest BCUT2D eigenvalue weighted by molar-refractivity contribution is 0.619. The summed E-state index contributed by atoms with van der Waals surface area (Å²) in [4.78, 5) is 9.93. The average molecular weight is 819 g/mol. The molecule has 14 rings (SSSR count). The first kappa shape index (κ1) is 34.9. The van der Waals surface area contributed by atoms with Gasteiger partial charge in [0.2, 0.25) is 11.8 Å². The van der Waals surface area contributed by atoms with E-state index in [0.717, 1.165) is 55.8 Å². The van der Waals surface area contributed by atoms with Crippen LogP contribution in [0, 0.1) is 0 Å². The van der Waals surface area contributed by atoms with E-state index in [4.69, 9.17) is 18.8 Å². The van der Waals surface area contributed by atoms with Crippen molar-refractivity contribution in [2.24, 2.45) is 0 Å². The Morgan fingerprint density at radius 2 is 0.672 bits per heavy atom. The molecule has 4 heterocycles. The van der Waals surface area contributed by atoms with Gasteiger partial charge >= 0.3 is 0 Å². The first-order chi connectivity index (χ1) is 31.7. The third-order valence-electron chi connectivity index (χ3n) is 12.9. The van der Waals surface area contributed by atoms with E-state index in [9.17, 15) is 0 Å². The second-order valence-corrected chi connectivity index (χ2v) is 16.6. The molecule has 0 bridgehead atoms. The Kier molecular flexibility index (Phi) is 7.30. The van der Waals surface area contributed by atoms with Crippen molar-refractivity contribution < 1.29 is 8.83 Å². The molecule has 0 spiro atoms. The predicted molar refractivity (Wildman–Crippen MR) is 262 cm³/mol. The minimum Gasteiger partial charge on any atom is -0.436 e. The van der Waals surface area contributed by atoms with Gasteiger partial charge in [0.05, 0.1) is 22.1 Å². The first-order valence-corrected chi connectivity index (χ1v) is 21.5. The standard InChI is InChI=1S/C58H34N4O2/c1-3-11-39-33-53-47(29-37(39)9-1)45-13-5-7-15-51(45)61(53)43-23-17-35(18-24-43)57-59-49-31-41(21-27-55(49)63-57)42-22-28-56-50(32-42)60-58(64-56)36-19-25-44(26-20-36)62-52-16-8-6-14-46(52)48-30-38-10-2-4-12-40(38)34-54(48)62/h1-34H. The molecule has 0 aliphatic carbocycles. The number of nitrogens with zero attached hydrogens (tertiary/aromatic N) is 4. The topological polar surface area (TPSA) is 61.9 Å². The smallest absolute Gasteiger partial charge is 0.227 e. The molecule has 0 aliphatic heterocycles. The van der Waals surface area contributed by atoms with Crippen LogP contribution in [0.5, 0.6) is 0 Å². The van der Waals surface area contributed by atoms with Crippen LogP contribution in [-0.2, 0) is 0 Å². The highest BCUT2D eigenvalue weighted by Crippen LogP contribution is 2.38. The van der Waals surface area contributed by atoms with Crippen LogP contribution in [-0.4, -0.2) is 19.1 Å². The van der Waals surface area contributed by atoms with Gasteiger partial charge in [0.25, 0.3) is 0 Å². The number of fused-ring (bicyclic) bond motifs is 10. The molecule has 0 saturated carbocycles. The molecule has 0 atom stereocenters. The molecule has 6 nitrogen and oxygen atoms in total. The molecule has 0 N–H and O–H groups in total. The molecule has 0 amide bonds. The van der Waals surface area contributed by atoms with Crippen LogP contribution < -0.4 is 0 Å². The summed E-state index contributed by atoms with van der Waals surface area (Å²) >= 11 is 0. The summed E-state index contributed by atoms with van der Waals surface area (Å²) in [7, 11) is 0. The molecule has 0 radical (unpaired) electrons. The largest absolute Gasteiger partial charge is 0.436 e. The fourth-order valence-electron chi connectivity index (χ4n) is 9.83. The van der Waals surface area contributed by atoms with Gasteiger partial charge in [0, 0.05) is 44.0 Å². The Morgan fingerprint density at radius 3 is 1.11 bits per heavy atom. The summed E-state index contributed by atoms with van der Waals surface area (Å²) in [5, 5.41) is 9.88. The Hall–Kier alpha value is -8.74. The average Bonchev–Trinajstić information content (AvgIpc) is 4.13. The Bertz CT molecular complexity index is 3910. The van der Waals surface area contributed by atoms with Crippen molar-refractivity contribution in [2.45, 2.75) is 0 Å². The molecule has 64 heavy (non-hydrogen) atoms. The highest BCUT2D eigenvalue weighted by Gasteiger charge is 2.17. The van der Waals surface area contributed by atoms with Crippen LogP contribution in [0.3, 0.4) is 0 Å². The molecule has 298 valence electrons. The van der Waals surface area contributed by atoms with E-state index in [1.54, 1.807) is 0 Å². The van der Waals surface area contributed by atoms with Crippen LogP contribution in [0.15, 0.2) is 215 Å². The Balaban J connectivity index is 0.761. The van der Waals surface area contributed by atoms with E-state index >= 15 is 0 Å². The van der Waals surface area contributed by atoms with Crippen molar-refractivity contribution in [1.29, 1.82) is 0 Å². The molecule has 14 aromatic rings. The lowest BCUT2D eigenvalue weighted by atomic mass is 10.0. The summed E-state index contributed by atoms with van der Waals surface area (Å²) in [5.74, 6) is 1.17. The highest BCUT2D eigenvalue weighted by molar-refractivity contribution is 6.15. The van der Waals surface area contributed by atoms with Gasteiger partial charge < -0.3 is 18.0 Å². The Labute approximate surface area is 365 Å². The van der Waals surface area contributed by atoms with E-state index < -0.39 is 0 Å². The van der Waals surface area contributed by atoms with Crippen molar-refractivity contribution in [3.8, 4) is 45.4 Å². The molecule has 10 aromatic carbocycles. The molecule has 0 fully saturated rings. The van der Waals surface area contributed by atoms with Gasteiger partial charge in [-0.15, -0.1) is 0 Å². The van der Waals surface area contributed by atoms with Crippen molar-refractivity contribution >= 4 is 87.4 Å². The zero-order valence-corrected chi connectivity index (χ0v) is 34.2. The normalized spacial score (nSPS) is 12.1. The fourth-order valence-corrected chi connectivity index (χ4v) is 9.83. The zero-order valence-electron chi connectivity index (χ0n) is 34.2. The van der Waals surface area contributed by atoms with Gasteiger partial charge in [-0.2, -0.15) is 0 Å². The quantitative estimate of drug-likeness (QED) is 0.174. The van der Waals surface area contributed by atoms with Gasteiger partial charge in [-0.05, 0) is 142 Å². The van der Waals surface area contributed by atoms with Gasteiger partial charge in [0.1, 0.15) is 11.0 Å². The molecule has 0 aliphatic rings. The van der Waals surface area contributed by atoms with E-state index in [1.807, 2.05) is 12.1 Å². The number of rotatable bonds is 5. The third-order valence-corrected chi connectivity index (χ3v) is 12.9. The lowest BCUT2D eigenvalue weighted by Crippen LogP contribution is -1.93. The SMILES string of the molecule is c1ccc2cc3c(cc2c1)c1ccccc1n3-c1ccc(-c2nc3cc(-c4ccc5oc(-c6ccc(-n7c8ccccc8c8cc9ccccc9cc87)cc6)nc5c4)ccc3o2)cc1. The summed E-state index contributed by atoms with van der Waals surface area (Å²) in [6.45, 7) is 0. The van der Waals surface area contributed by atoms with E-state index in [-0.39, 0.29) is 0 Å². The maximum atomic E-state index is 6.33. The maximum Gasteiger partial charge on any atom is 0.227 e. The second-order valence-electron chi connectivity index (χ2n) is 16.6. The fraction of sp³-hybridized carbons (Fsp3) is 0.